The van der Waals surface area contributed by atoms with Crippen molar-refractivity contribution < 1.29 is 22.4 Å². The molecule has 7 heteroatoms. The van der Waals surface area contributed by atoms with E-state index in [4.69, 9.17) is 5.73 Å². The topological polar surface area (TPSA) is 55.1 Å². The highest BCUT2D eigenvalue weighted by Gasteiger charge is 2.34. The first-order valence-corrected chi connectivity index (χ1v) is 6.18. The molecule has 20 heavy (non-hydrogen) atoms. The molecule has 1 aliphatic heterocycles. The Morgan fingerprint density at radius 1 is 1.35 bits per heavy atom. The fourth-order valence-electron chi connectivity index (χ4n) is 2.45. The van der Waals surface area contributed by atoms with Crippen LogP contribution < -0.4 is 11.1 Å². The summed E-state index contributed by atoms with van der Waals surface area (Å²) in [6, 6.07) is 2.38. The van der Waals surface area contributed by atoms with Crippen LogP contribution in [0.2, 0.25) is 0 Å². The highest BCUT2D eigenvalue weighted by atomic mass is 19.4. The molecule has 1 amide bonds. The Bertz CT molecular complexity index is 516. The lowest BCUT2D eigenvalue weighted by Gasteiger charge is -2.29. The summed E-state index contributed by atoms with van der Waals surface area (Å²) >= 11 is 0. The van der Waals surface area contributed by atoms with Gasteiger partial charge in [-0.2, -0.15) is 13.2 Å². The Morgan fingerprint density at radius 3 is 2.60 bits per heavy atom. The lowest BCUT2D eigenvalue weighted by atomic mass is 9.86. The zero-order chi connectivity index (χ0) is 14.9. The fourth-order valence-corrected chi connectivity index (χ4v) is 2.45. The summed E-state index contributed by atoms with van der Waals surface area (Å²) in [5.41, 5.74) is 4.38. The van der Waals surface area contributed by atoms with Gasteiger partial charge in [0.05, 0.1) is 11.6 Å². The summed E-state index contributed by atoms with van der Waals surface area (Å²) in [7, 11) is 0. The maximum atomic E-state index is 13.5. The van der Waals surface area contributed by atoms with E-state index < -0.39 is 29.5 Å². The Hall–Kier alpha value is -1.63. The maximum absolute atomic E-state index is 13.5. The molecule has 0 spiro atoms. The number of hydrogen-bond donors (Lipinski definition) is 2. The zero-order valence-corrected chi connectivity index (χ0v) is 10.5. The van der Waals surface area contributed by atoms with Gasteiger partial charge >= 0.3 is 6.18 Å². The molecule has 2 atom stereocenters. The molecular formula is C13H14F4N2O. The van der Waals surface area contributed by atoms with Crippen molar-refractivity contribution in [2.24, 2.45) is 5.73 Å². The number of hydrogen-bond acceptors (Lipinski definition) is 2. The maximum Gasteiger partial charge on any atom is 0.419 e. The van der Waals surface area contributed by atoms with Gasteiger partial charge in [-0.1, -0.05) is 6.07 Å². The van der Waals surface area contributed by atoms with E-state index in [-0.39, 0.29) is 5.92 Å². The van der Waals surface area contributed by atoms with Crippen molar-refractivity contribution in [3.63, 3.8) is 0 Å². The van der Waals surface area contributed by atoms with E-state index in [0.717, 1.165) is 12.1 Å². The second kappa shape index (κ2) is 5.40. The summed E-state index contributed by atoms with van der Waals surface area (Å²) in [6.45, 7) is 0.515. The molecule has 1 heterocycles. The second-order valence-corrected chi connectivity index (χ2v) is 4.87. The average Bonchev–Trinajstić information content (AvgIpc) is 2.37. The minimum absolute atomic E-state index is 0.175. The second-order valence-electron chi connectivity index (χ2n) is 4.87. The third-order valence-electron chi connectivity index (χ3n) is 3.52. The van der Waals surface area contributed by atoms with Gasteiger partial charge in [0.25, 0.3) is 0 Å². The van der Waals surface area contributed by atoms with Crippen LogP contribution in [-0.2, 0) is 11.0 Å². The molecule has 0 radical (unpaired) electrons. The van der Waals surface area contributed by atoms with Crippen LogP contribution in [0, 0.1) is 5.82 Å². The van der Waals surface area contributed by atoms with Crippen LogP contribution in [-0.4, -0.2) is 18.5 Å². The van der Waals surface area contributed by atoms with Crippen LogP contribution in [0.4, 0.5) is 17.6 Å². The summed E-state index contributed by atoms with van der Waals surface area (Å²) < 4.78 is 51.0. The highest BCUT2D eigenvalue weighted by molar-refractivity contribution is 5.80. The van der Waals surface area contributed by atoms with Gasteiger partial charge in [-0.3, -0.25) is 4.79 Å². The van der Waals surface area contributed by atoms with Gasteiger partial charge in [-0.15, -0.1) is 0 Å². The van der Waals surface area contributed by atoms with E-state index in [1.165, 1.54) is 6.07 Å². The van der Waals surface area contributed by atoms with Crippen molar-refractivity contribution in [2.45, 2.75) is 31.0 Å². The summed E-state index contributed by atoms with van der Waals surface area (Å²) in [6.07, 6.45) is -3.72. The summed E-state index contributed by atoms with van der Waals surface area (Å²) in [5.74, 6) is -1.98. The SMILES string of the molecule is NC(=O)C1CC(c2ccc(C(F)(F)F)c(F)c2)CCN1. The predicted octanol–water partition coefficient (Wildman–Crippen LogP) is 2.17. The van der Waals surface area contributed by atoms with Gasteiger partial charge in [0, 0.05) is 0 Å². The predicted molar refractivity (Wildman–Crippen MR) is 64.4 cm³/mol. The van der Waals surface area contributed by atoms with E-state index in [1.54, 1.807) is 0 Å². The summed E-state index contributed by atoms with van der Waals surface area (Å²) in [5, 5.41) is 2.92. The number of nitrogens with one attached hydrogen (secondary N) is 1. The number of rotatable bonds is 2. The summed E-state index contributed by atoms with van der Waals surface area (Å²) in [4.78, 5) is 11.1. The van der Waals surface area contributed by atoms with E-state index in [9.17, 15) is 22.4 Å². The number of piperidine rings is 1. The molecule has 1 aromatic carbocycles. The Balaban J connectivity index is 2.21. The molecule has 1 aromatic rings. The van der Waals surface area contributed by atoms with Gasteiger partial charge < -0.3 is 11.1 Å². The number of carbonyl (C=O) groups is 1. The minimum Gasteiger partial charge on any atom is -0.368 e. The van der Waals surface area contributed by atoms with Crippen LogP contribution in [0.5, 0.6) is 0 Å². The average molecular weight is 290 g/mol. The third kappa shape index (κ3) is 3.09. The number of alkyl halides is 3. The molecule has 3 N–H and O–H groups in total. The van der Waals surface area contributed by atoms with Gasteiger partial charge in [0.15, 0.2) is 0 Å². The van der Waals surface area contributed by atoms with Gasteiger partial charge in [-0.05, 0) is 43.0 Å². The van der Waals surface area contributed by atoms with Crippen molar-refractivity contribution in [1.29, 1.82) is 0 Å². The number of halogens is 4. The largest absolute Gasteiger partial charge is 0.419 e. The van der Waals surface area contributed by atoms with Crippen LogP contribution in [0.1, 0.15) is 29.9 Å². The first-order valence-electron chi connectivity index (χ1n) is 6.18. The Labute approximate surface area is 113 Å². The van der Waals surface area contributed by atoms with Crippen LogP contribution in [0.15, 0.2) is 18.2 Å². The number of amides is 1. The first kappa shape index (κ1) is 14.8. The van der Waals surface area contributed by atoms with Crippen LogP contribution in [0.3, 0.4) is 0 Å². The van der Waals surface area contributed by atoms with Crippen molar-refractivity contribution in [3.05, 3.63) is 35.1 Å². The van der Waals surface area contributed by atoms with Gasteiger partial charge in [0.2, 0.25) is 5.91 Å². The van der Waals surface area contributed by atoms with E-state index in [1.807, 2.05) is 0 Å². The van der Waals surface area contributed by atoms with E-state index in [2.05, 4.69) is 5.32 Å². The Kier molecular flexibility index (Phi) is 3.99. The van der Waals surface area contributed by atoms with E-state index in [0.29, 0.717) is 24.9 Å². The van der Waals surface area contributed by atoms with Crippen molar-refractivity contribution in [1.82, 2.24) is 5.32 Å². The normalized spacial score (nSPS) is 23.6. The number of benzene rings is 1. The molecule has 0 saturated carbocycles. The van der Waals surface area contributed by atoms with Gasteiger partial charge in [-0.25, -0.2) is 4.39 Å². The molecule has 0 bridgehead atoms. The van der Waals surface area contributed by atoms with Crippen molar-refractivity contribution >= 4 is 5.91 Å². The zero-order valence-electron chi connectivity index (χ0n) is 10.5. The fraction of sp³-hybridized carbons (Fsp3) is 0.462. The van der Waals surface area contributed by atoms with Gasteiger partial charge in [0.1, 0.15) is 5.82 Å². The standard InChI is InChI=1S/C13H14F4N2O/c14-10-5-7(1-2-9(10)13(15,16)17)8-3-4-19-11(6-8)12(18)20/h1-2,5,8,11,19H,3-4,6H2,(H2,18,20). The van der Waals surface area contributed by atoms with Crippen molar-refractivity contribution in [3.8, 4) is 0 Å². The van der Waals surface area contributed by atoms with Crippen LogP contribution >= 0.6 is 0 Å². The highest BCUT2D eigenvalue weighted by Crippen LogP contribution is 2.34. The number of nitrogens with two attached hydrogens (primary N) is 1. The molecule has 0 aromatic heterocycles. The smallest absolute Gasteiger partial charge is 0.368 e. The lowest BCUT2D eigenvalue weighted by molar-refractivity contribution is -0.140. The molecule has 110 valence electrons. The van der Waals surface area contributed by atoms with Crippen molar-refractivity contribution in [2.75, 3.05) is 6.54 Å². The van der Waals surface area contributed by atoms with E-state index >= 15 is 0 Å². The van der Waals surface area contributed by atoms with Crippen LogP contribution in [0.25, 0.3) is 0 Å². The molecule has 3 nitrogen and oxygen atoms in total. The molecular weight excluding hydrogens is 276 g/mol. The molecule has 1 fully saturated rings. The number of primary amides is 1. The third-order valence-corrected chi connectivity index (χ3v) is 3.52. The molecule has 1 saturated heterocycles. The monoisotopic (exact) mass is 290 g/mol. The molecule has 0 aliphatic carbocycles. The quantitative estimate of drug-likeness (QED) is 0.820. The molecule has 2 rings (SSSR count). The first-order chi connectivity index (χ1) is 9.29. The Morgan fingerprint density at radius 2 is 2.05 bits per heavy atom. The minimum atomic E-state index is -4.70. The molecule has 2 unspecified atom stereocenters. The lowest BCUT2D eigenvalue weighted by Crippen LogP contribution is -2.46. The number of carbonyl (C=O) groups excluding carboxylic acids is 1. The molecule has 1 aliphatic rings.